The van der Waals surface area contributed by atoms with Gasteiger partial charge in [0.2, 0.25) is 0 Å². The van der Waals surface area contributed by atoms with Crippen LogP contribution in [0.2, 0.25) is 0 Å². The number of likely N-dealkylation sites (tertiary alicyclic amines) is 1. The number of hydrogen-bond acceptors (Lipinski definition) is 4. The number of morpholine rings is 1. The highest BCUT2D eigenvalue weighted by molar-refractivity contribution is 14.0. The van der Waals surface area contributed by atoms with Crippen LogP contribution in [0.5, 0.6) is 0 Å². The fourth-order valence-electron chi connectivity index (χ4n) is 3.18. The summed E-state index contributed by atoms with van der Waals surface area (Å²) in [5, 5.41) is 0. The van der Waals surface area contributed by atoms with Gasteiger partial charge >= 0.3 is 0 Å². The zero-order chi connectivity index (χ0) is 15.9. The molecule has 6 nitrogen and oxygen atoms in total. The molecule has 0 atom stereocenters. The predicted molar refractivity (Wildman–Crippen MR) is 108 cm³/mol. The number of anilines is 1. The first-order valence-corrected chi connectivity index (χ1v) is 8.66. The standard InChI is InChI=1S/C17H27N5O.HI/c18-17(22-8-3-1-2-4-9-22)20-14-15-6-5-7-19-16(15)21-10-12-23-13-11-21;/h5-7H,1-4,8-14H2,(H2,18,20);1H. The minimum absolute atomic E-state index is 0. The largest absolute Gasteiger partial charge is 0.378 e. The Morgan fingerprint density at radius 2 is 1.83 bits per heavy atom. The van der Waals surface area contributed by atoms with Crippen LogP contribution in [0.3, 0.4) is 0 Å². The molecule has 0 aromatic carbocycles. The highest BCUT2D eigenvalue weighted by Gasteiger charge is 2.16. The SMILES string of the molecule is I.NC(=NCc1cccnc1N1CCOCC1)N1CCCCCC1. The van der Waals surface area contributed by atoms with E-state index in [2.05, 4.69) is 25.8 Å². The van der Waals surface area contributed by atoms with E-state index < -0.39 is 0 Å². The van der Waals surface area contributed by atoms with Crippen LogP contribution >= 0.6 is 24.0 Å². The number of aliphatic imine (C=N–C) groups is 1. The molecule has 0 radical (unpaired) electrons. The van der Waals surface area contributed by atoms with Crippen molar-refractivity contribution in [3.05, 3.63) is 23.9 Å². The van der Waals surface area contributed by atoms with Crippen LogP contribution < -0.4 is 10.6 Å². The lowest BCUT2D eigenvalue weighted by Crippen LogP contribution is -2.38. The highest BCUT2D eigenvalue weighted by Crippen LogP contribution is 2.19. The van der Waals surface area contributed by atoms with Crippen LogP contribution in [0.25, 0.3) is 0 Å². The summed E-state index contributed by atoms with van der Waals surface area (Å²) < 4.78 is 5.43. The van der Waals surface area contributed by atoms with Crippen LogP contribution in [0.15, 0.2) is 23.3 Å². The van der Waals surface area contributed by atoms with Gasteiger partial charge in [-0.05, 0) is 18.9 Å². The number of pyridine rings is 1. The Balaban J connectivity index is 0.00000208. The molecule has 134 valence electrons. The highest BCUT2D eigenvalue weighted by atomic mass is 127. The Kier molecular flexibility index (Phi) is 8.04. The Hall–Kier alpha value is -1.09. The van der Waals surface area contributed by atoms with Gasteiger partial charge in [0.05, 0.1) is 19.8 Å². The van der Waals surface area contributed by atoms with Crippen molar-refractivity contribution < 1.29 is 4.74 Å². The molecule has 24 heavy (non-hydrogen) atoms. The van der Waals surface area contributed by atoms with E-state index in [4.69, 9.17) is 10.5 Å². The summed E-state index contributed by atoms with van der Waals surface area (Å²) in [6, 6.07) is 4.06. The van der Waals surface area contributed by atoms with Crippen molar-refractivity contribution >= 4 is 35.8 Å². The van der Waals surface area contributed by atoms with Gasteiger partial charge in [-0.3, -0.25) is 0 Å². The lowest BCUT2D eigenvalue weighted by Gasteiger charge is -2.29. The van der Waals surface area contributed by atoms with Gasteiger partial charge in [-0.25, -0.2) is 9.98 Å². The molecule has 1 aromatic rings. The first-order chi connectivity index (χ1) is 11.3. The molecule has 1 aromatic heterocycles. The minimum atomic E-state index is 0. The quantitative estimate of drug-likeness (QED) is 0.439. The summed E-state index contributed by atoms with van der Waals surface area (Å²) in [5.41, 5.74) is 7.35. The van der Waals surface area contributed by atoms with Gasteiger partial charge in [0.15, 0.2) is 5.96 Å². The molecule has 2 aliphatic heterocycles. The molecule has 0 saturated carbocycles. The maximum atomic E-state index is 6.22. The average molecular weight is 445 g/mol. The van der Waals surface area contributed by atoms with Crippen molar-refractivity contribution in [1.82, 2.24) is 9.88 Å². The van der Waals surface area contributed by atoms with Crippen molar-refractivity contribution in [3.8, 4) is 0 Å². The lowest BCUT2D eigenvalue weighted by atomic mass is 10.2. The summed E-state index contributed by atoms with van der Waals surface area (Å²) in [5.74, 6) is 1.69. The fourth-order valence-corrected chi connectivity index (χ4v) is 3.18. The fraction of sp³-hybridized carbons (Fsp3) is 0.647. The van der Waals surface area contributed by atoms with Gasteiger partial charge in [0.25, 0.3) is 0 Å². The molecule has 0 spiro atoms. The molecule has 2 N–H and O–H groups in total. The molecule has 3 rings (SSSR count). The van der Waals surface area contributed by atoms with E-state index in [9.17, 15) is 0 Å². The molecule has 0 amide bonds. The minimum Gasteiger partial charge on any atom is -0.378 e. The predicted octanol–water partition coefficient (Wildman–Crippen LogP) is 2.23. The summed E-state index contributed by atoms with van der Waals surface area (Å²) in [6.45, 7) is 5.93. The van der Waals surface area contributed by atoms with Gasteiger partial charge in [-0.15, -0.1) is 24.0 Å². The Morgan fingerprint density at radius 3 is 2.54 bits per heavy atom. The third kappa shape index (κ3) is 5.20. The monoisotopic (exact) mass is 445 g/mol. The van der Waals surface area contributed by atoms with E-state index in [0.29, 0.717) is 12.5 Å². The zero-order valence-corrected chi connectivity index (χ0v) is 16.5. The Bertz CT molecular complexity index is 525. The maximum Gasteiger partial charge on any atom is 0.191 e. The van der Waals surface area contributed by atoms with Gasteiger partial charge in [-0.1, -0.05) is 18.9 Å². The average Bonchev–Trinajstić information content (AvgIpc) is 2.90. The second kappa shape index (κ2) is 10.0. The zero-order valence-electron chi connectivity index (χ0n) is 14.2. The molecule has 2 fully saturated rings. The van der Waals surface area contributed by atoms with E-state index in [-0.39, 0.29) is 24.0 Å². The van der Waals surface area contributed by atoms with Crippen molar-refractivity contribution in [3.63, 3.8) is 0 Å². The number of rotatable bonds is 3. The molecule has 0 unspecified atom stereocenters. The van der Waals surface area contributed by atoms with Crippen LogP contribution in [0, 0.1) is 0 Å². The van der Waals surface area contributed by atoms with Crippen LogP contribution in [-0.4, -0.2) is 55.2 Å². The molecule has 2 aliphatic rings. The first-order valence-electron chi connectivity index (χ1n) is 8.66. The maximum absolute atomic E-state index is 6.22. The molecule has 0 aliphatic carbocycles. The van der Waals surface area contributed by atoms with E-state index in [0.717, 1.165) is 50.8 Å². The molecular weight excluding hydrogens is 417 g/mol. The summed E-state index contributed by atoms with van der Waals surface area (Å²) in [7, 11) is 0. The van der Waals surface area contributed by atoms with E-state index in [1.807, 2.05) is 12.3 Å². The lowest BCUT2D eigenvalue weighted by molar-refractivity contribution is 0.122. The molecular formula is C17H28IN5O. The number of ether oxygens (including phenoxy) is 1. The third-order valence-corrected chi connectivity index (χ3v) is 4.52. The number of guanidine groups is 1. The van der Waals surface area contributed by atoms with Crippen molar-refractivity contribution in [2.75, 3.05) is 44.3 Å². The Morgan fingerprint density at radius 1 is 1.12 bits per heavy atom. The van der Waals surface area contributed by atoms with Gasteiger partial charge in [-0.2, -0.15) is 0 Å². The summed E-state index contributed by atoms with van der Waals surface area (Å²) in [6.07, 6.45) is 6.86. The van der Waals surface area contributed by atoms with Gasteiger partial charge in [0, 0.05) is 37.9 Å². The molecule has 3 heterocycles. The number of nitrogens with zero attached hydrogens (tertiary/aromatic N) is 4. The first kappa shape index (κ1) is 19.2. The van der Waals surface area contributed by atoms with Crippen LogP contribution in [0.4, 0.5) is 5.82 Å². The topological polar surface area (TPSA) is 67.0 Å². The van der Waals surface area contributed by atoms with E-state index >= 15 is 0 Å². The normalized spacial score (nSPS) is 19.6. The van der Waals surface area contributed by atoms with E-state index in [1.165, 1.54) is 25.7 Å². The van der Waals surface area contributed by atoms with Crippen molar-refractivity contribution in [1.29, 1.82) is 0 Å². The van der Waals surface area contributed by atoms with Crippen molar-refractivity contribution in [2.45, 2.75) is 32.2 Å². The second-order valence-corrected chi connectivity index (χ2v) is 6.16. The number of aromatic nitrogens is 1. The van der Waals surface area contributed by atoms with Gasteiger partial charge in [0.1, 0.15) is 5.82 Å². The summed E-state index contributed by atoms with van der Waals surface area (Å²) in [4.78, 5) is 13.7. The molecule has 7 heteroatoms. The van der Waals surface area contributed by atoms with Crippen LogP contribution in [-0.2, 0) is 11.3 Å². The third-order valence-electron chi connectivity index (χ3n) is 4.52. The number of hydrogen-bond donors (Lipinski definition) is 1. The van der Waals surface area contributed by atoms with Crippen LogP contribution in [0.1, 0.15) is 31.2 Å². The summed E-state index contributed by atoms with van der Waals surface area (Å²) >= 11 is 0. The smallest absolute Gasteiger partial charge is 0.191 e. The van der Waals surface area contributed by atoms with Gasteiger partial charge < -0.3 is 20.3 Å². The molecule has 0 bridgehead atoms. The second-order valence-electron chi connectivity index (χ2n) is 6.16. The number of halogens is 1. The van der Waals surface area contributed by atoms with E-state index in [1.54, 1.807) is 0 Å². The Labute approximate surface area is 161 Å². The molecule has 2 saturated heterocycles. The van der Waals surface area contributed by atoms with Crippen molar-refractivity contribution in [2.24, 2.45) is 10.7 Å². The number of nitrogens with two attached hydrogens (primary N) is 1.